The molecule has 1 heterocycles. The van der Waals surface area contributed by atoms with Crippen molar-refractivity contribution in [2.24, 2.45) is 5.41 Å². The lowest BCUT2D eigenvalue weighted by Gasteiger charge is -2.35. The fourth-order valence-corrected chi connectivity index (χ4v) is 3.40. The molecule has 1 aromatic rings. The van der Waals surface area contributed by atoms with E-state index >= 15 is 0 Å². The van der Waals surface area contributed by atoms with Crippen molar-refractivity contribution in [3.05, 3.63) is 59.2 Å². The van der Waals surface area contributed by atoms with Gasteiger partial charge in [0.15, 0.2) is 0 Å². The van der Waals surface area contributed by atoms with Gasteiger partial charge in [-0.25, -0.2) is 4.79 Å². The van der Waals surface area contributed by atoms with Crippen molar-refractivity contribution in [1.82, 2.24) is 10.6 Å². The number of allylic oxidation sites excluding steroid dienone is 2. The lowest BCUT2D eigenvalue weighted by molar-refractivity contribution is -0.140. The van der Waals surface area contributed by atoms with Gasteiger partial charge in [0.2, 0.25) is 11.8 Å². The first-order chi connectivity index (χ1) is 13.4. The number of imide groups is 1. The SMILES string of the molecule is C/C=C(\C=C/CNC(=O)c1ccccc1C(=O)O)C1(CC)CCC(=O)NC1=O. The van der Waals surface area contributed by atoms with Crippen LogP contribution in [0.1, 0.15) is 53.8 Å². The topological polar surface area (TPSA) is 113 Å². The Balaban J connectivity index is 2.07. The Bertz CT molecular complexity index is 856. The van der Waals surface area contributed by atoms with Crippen molar-refractivity contribution >= 4 is 23.7 Å². The van der Waals surface area contributed by atoms with Crippen LogP contribution in [0.5, 0.6) is 0 Å². The fourth-order valence-electron chi connectivity index (χ4n) is 3.40. The lowest BCUT2D eigenvalue weighted by Crippen LogP contribution is -2.49. The average Bonchev–Trinajstić information content (AvgIpc) is 2.69. The number of rotatable bonds is 7. The monoisotopic (exact) mass is 384 g/mol. The van der Waals surface area contributed by atoms with Gasteiger partial charge in [-0.05, 0) is 37.5 Å². The van der Waals surface area contributed by atoms with Gasteiger partial charge in [0.25, 0.3) is 5.91 Å². The molecule has 1 saturated heterocycles. The van der Waals surface area contributed by atoms with E-state index in [0.29, 0.717) is 12.8 Å². The van der Waals surface area contributed by atoms with Gasteiger partial charge in [0, 0.05) is 13.0 Å². The van der Waals surface area contributed by atoms with E-state index in [1.807, 2.05) is 19.9 Å². The minimum absolute atomic E-state index is 0.0633. The Morgan fingerprint density at radius 3 is 2.50 bits per heavy atom. The fraction of sp³-hybridized carbons (Fsp3) is 0.333. The number of carboxylic acid groups (broad SMARTS) is 1. The number of benzene rings is 1. The van der Waals surface area contributed by atoms with Crippen molar-refractivity contribution in [2.45, 2.75) is 33.1 Å². The van der Waals surface area contributed by atoms with Crippen molar-refractivity contribution in [3.63, 3.8) is 0 Å². The summed E-state index contributed by atoms with van der Waals surface area (Å²) < 4.78 is 0. The van der Waals surface area contributed by atoms with Gasteiger partial charge in [-0.2, -0.15) is 0 Å². The summed E-state index contributed by atoms with van der Waals surface area (Å²) in [6, 6.07) is 5.99. The number of aromatic carboxylic acids is 1. The molecule has 1 unspecified atom stereocenters. The summed E-state index contributed by atoms with van der Waals surface area (Å²) in [5.41, 5.74) is 0.0376. The van der Waals surface area contributed by atoms with Gasteiger partial charge in [-0.15, -0.1) is 0 Å². The molecule has 0 bridgehead atoms. The van der Waals surface area contributed by atoms with Gasteiger partial charge in [-0.3, -0.25) is 19.7 Å². The third kappa shape index (κ3) is 4.36. The molecule has 0 aliphatic carbocycles. The number of carboxylic acids is 1. The molecule has 3 amide bonds. The number of amides is 3. The van der Waals surface area contributed by atoms with E-state index in [9.17, 15) is 24.3 Å². The van der Waals surface area contributed by atoms with E-state index in [2.05, 4.69) is 10.6 Å². The summed E-state index contributed by atoms with van der Waals surface area (Å²) in [6.07, 6.45) is 6.58. The molecule has 1 aliphatic heterocycles. The van der Waals surface area contributed by atoms with Gasteiger partial charge in [-0.1, -0.05) is 37.3 Å². The van der Waals surface area contributed by atoms with Crippen LogP contribution in [-0.2, 0) is 9.59 Å². The molecule has 7 nitrogen and oxygen atoms in total. The second-order valence-corrected chi connectivity index (χ2v) is 6.52. The molecule has 1 fully saturated rings. The quantitative estimate of drug-likeness (QED) is 0.494. The minimum atomic E-state index is -1.17. The highest BCUT2D eigenvalue weighted by Crippen LogP contribution is 2.39. The second-order valence-electron chi connectivity index (χ2n) is 6.52. The third-order valence-corrected chi connectivity index (χ3v) is 5.01. The lowest BCUT2D eigenvalue weighted by atomic mass is 9.71. The van der Waals surface area contributed by atoms with Crippen LogP contribution in [0.15, 0.2) is 48.1 Å². The highest BCUT2D eigenvalue weighted by atomic mass is 16.4. The molecular weight excluding hydrogens is 360 g/mol. The van der Waals surface area contributed by atoms with Gasteiger partial charge in [0.1, 0.15) is 0 Å². The van der Waals surface area contributed by atoms with Crippen LogP contribution in [0.3, 0.4) is 0 Å². The summed E-state index contributed by atoms with van der Waals surface area (Å²) in [5.74, 6) is -2.22. The van der Waals surface area contributed by atoms with Crippen LogP contribution in [0.4, 0.5) is 0 Å². The molecule has 3 N–H and O–H groups in total. The zero-order valence-corrected chi connectivity index (χ0v) is 16.0. The largest absolute Gasteiger partial charge is 0.478 e. The van der Waals surface area contributed by atoms with Crippen LogP contribution < -0.4 is 10.6 Å². The molecule has 1 aliphatic rings. The normalized spacial score (nSPS) is 20.1. The maximum Gasteiger partial charge on any atom is 0.336 e. The Hall–Kier alpha value is -3.22. The second kappa shape index (κ2) is 9.12. The Morgan fingerprint density at radius 1 is 1.25 bits per heavy atom. The van der Waals surface area contributed by atoms with Gasteiger partial charge in [0.05, 0.1) is 16.5 Å². The predicted octanol–water partition coefficient (Wildman–Crippen LogP) is 2.45. The molecule has 148 valence electrons. The average molecular weight is 384 g/mol. The van der Waals surface area contributed by atoms with Crippen LogP contribution >= 0.6 is 0 Å². The number of carbonyl (C=O) groups is 4. The Labute approximate surface area is 163 Å². The first-order valence-corrected chi connectivity index (χ1v) is 9.14. The first kappa shape index (κ1) is 21.1. The van der Waals surface area contributed by atoms with Crippen LogP contribution in [0, 0.1) is 5.41 Å². The molecule has 0 radical (unpaired) electrons. The zero-order chi connectivity index (χ0) is 20.7. The standard InChI is InChI=1S/C21H24N2O5/c1-3-14(21(4-2)12-11-17(24)23-20(21)28)8-7-13-22-18(25)15-9-5-6-10-16(15)19(26)27/h3,5-10H,4,11-13H2,1-2H3,(H,22,25)(H,26,27)(H,23,24,28)/b8-7-,14-3+. The van der Waals surface area contributed by atoms with Gasteiger partial charge >= 0.3 is 5.97 Å². The highest BCUT2D eigenvalue weighted by Gasteiger charge is 2.42. The third-order valence-electron chi connectivity index (χ3n) is 5.01. The van der Waals surface area contributed by atoms with Crippen molar-refractivity contribution < 1.29 is 24.3 Å². The van der Waals surface area contributed by atoms with E-state index in [4.69, 9.17) is 0 Å². The zero-order valence-electron chi connectivity index (χ0n) is 16.0. The van der Waals surface area contributed by atoms with Crippen molar-refractivity contribution in [3.8, 4) is 0 Å². The molecular formula is C21H24N2O5. The molecule has 0 saturated carbocycles. The molecule has 1 atom stereocenters. The van der Waals surface area contributed by atoms with E-state index in [1.165, 1.54) is 12.1 Å². The molecule has 0 aromatic heterocycles. The molecule has 28 heavy (non-hydrogen) atoms. The maximum atomic E-state index is 12.5. The van der Waals surface area contributed by atoms with E-state index in [-0.39, 0.29) is 35.9 Å². The number of hydrogen-bond acceptors (Lipinski definition) is 4. The maximum absolute atomic E-state index is 12.5. The number of piperidine rings is 1. The van der Waals surface area contributed by atoms with Crippen molar-refractivity contribution in [2.75, 3.05) is 6.54 Å². The number of carbonyl (C=O) groups excluding carboxylic acids is 3. The van der Waals surface area contributed by atoms with E-state index in [0.717, 1.165) is 5.57 Å². The smallest absolute Gasteiger partial charge is 0.336 e. The van der Waals surface area contributed by atoms with Gasteiger partial charge < -0.3 is 10.4 Å². The number of hydrogen-bond donors (Lipinski definition) is 3. The molecule has 7 heteroatoms. The Kier molecular flexibility index (Phi) is 6.87. The molecule has 2 rings (SSSR count). The summed E-state index contributed by atoms with van der Waals surface area (Å²) in [5, 5.41) is 14.2. The molecule has 0 spiro atoms. The van der Waals surface area contributed by atoms with Crippen LogP contribution in [-0.4, -0.2) is 35.3 Å². The predicted molar refractivity (Wildman–Crippen MR) is 104 cm³/mol. The van der Waals surface area contributed by atoms with Crippen LogP contribution in [0.2, 0.25) is 0 Å². The number of nitrogens with one attached hydrogen (secondary N) is 2. The van der Waals surface area contributed by atoms with E-state index < -0.39 is 17.3 Å². The highest BCUT2D eigenvalue weighted by molar-refractivity contribution is 6.05. The van der Waals surface area contributed by atoms with Crippen molar-refractivity contribution in [1.29, 1.82) is 0 Å². The minimum Gasteiger partial charge on any atom is -0.478 e. The summed E-state index contributed by atoms with van der Waals surface area (Å²) in [6.45, 7) is 3.89. The van der Waals surface area contributed by atoms with E-state index in [1.54, 1.807) is 24.3 Å². The summed E-state index contributed by atoms with van der Waals surface area (Å²) in [7, 11) is 0. The van der Waals surface area contributed by atoms with Crippen LogP contribution in [0.25, 0.3) is 0 Å². The Morgan fingerprint density at radius 2 is 1.93 bits per heavy atom. The first-order valence-electron chi connectivity index (χ1n) is 9.14. The summed E-state index contributed by atoms with van der Waals surface area (Å²) in [4.78, 5) is 47.4. The molecule has 1 aromatic carbocycles. The summed E-state index contributed by atoms with van der Waals surface area (Å²) >= 11 is 0.